The highest BCUT2D eigenvalue weighted by atomic mass is 19.2. The lowest BCUT2D eigenvalue weighted by atomic mass is 10.0. The minimum absolute atomic E-state index is 0.116. The number of hydrogen-bond donors (Lipinski definition) is 1. The monoisotopic (exact) mass is 330 g/mol. The van der Waals surface area contributed by atoms with Crippen LogP contribution >= 0.6 is 0 Å². The maximum absolute atomic E-state index is 13.2. The Morgan fingerprint density at radius 1 is 1.12 bits per heavy atom. The SMILES string of the molecule is Nc1nccnc1C(=O)N1CCC(=Cc2ccc(F)c(F)c2)CC1. The van der Waals surface area contributed by atoms with E-state index in [1.165, 1.54) is 24.5 Å². The Labute approximate surface area is 137 Å². The zero-order valence-corrected chi connectivity index (χ0v) is 12.9. The van der Waals surface area contributed by atoms with Gasteiger partial charge in [0.2, 0.25) is 0 Å². The molecule has 0 bridgehead atoms. The second-order valence-electron chi connectivity index (χ2n) is 5.56. The van der Waals surface area contributed by atoms with E-state index in [0.717, 1.165) is 11.6 Å². The Morgan fingerprint density at radius 2 is 1.83 bits per heavy atom. The highest BCUT2D eigenvalue weighted by Crippen LogP contribution is 2.22. The average molecular weight is 330 g/mol. The lowest BCUT2D eigenvalue weighted by molar-refractivity contribution is 0.0739. The highest BCUT2D eigenvalue weighted by Gasteiger charge is 2.23. The Balaban J connectivity index is 1.67. The summed E-state index contributed by atoms with van der Waals surface area (Å²) in [6, 6.07) is 3.81. The molecular weight excluding hydrogens is 314 g/mol. The van der Waals surface area contributed by atoms with Crippen molar-refractivity contribution in [3.8, 4) is 0 Å². The molecule has 7 heteroatoms. The van der Waals surface area contributed by atoms with Crippen LogP contribution in [0.2, 0.25) is 0 Å². The Bertz CT molecular complexity index is 797. The predicted molar refractivity (Wildman–Crippen MR) is 85.9 cm³/mol. The number of carbonyl (C=O) groups is 1. The summed E-state index contributed by atoms with van der Waals surface area (Å²) in [4.78, 5) is 21.9. The van der Waals surface area contributed by atoms with Gasteiger partial charge in [-0.15, -0.1) is 0 Å². The van der Waals surface area contributed by atoms with Crippen molar-refractivity contribution in [1.82, 2.24) is 14.9 Å². The van der Waals surface area contributed by atoms with Crippen LogP contribution in [0.5, 0.6) is 0 Å². The van der Waals surface area contributed by atoms with Gasteiger partial charge in [-0.05, 0) is 30.5 Å². The number of nitrogens with two attached hydrogens (primary N) is 1. The summed E-state index contributed by atoms with van der Waals surface area (Å²) >= 11 is 0. The number of hydrogen-bond acceptors (Lipinski definition) is 4. The summed E-state index contributed by atoms with van der Waals surface area (Å²) < 4.78 is 26.2. The molecule has 0 spiro atoms. The van der Waals surface area contributed by atoms with Gasteiger partial charge in [0.1, 0.15) is 0 Å². The highest BCUT2D eigenvalue weighted by molar-refractivity contribution is 5.96. The molecule has 0 atom stereocenters. The first kappa shape index (κ1) is 16.0. The van der Waals surface area contributed by atoms with Gasteiger partial charge in [-0.3, -0.25) is 4.79 Å². The summed E-state index contributed by atoms with van der Waals surface area (Å²) in [6.45, 7) is 1.04. The number of halogens is 2. The fourth-order valence-electron chi connectivity index (χ4n) is 2.64. The van der Waals surface area contributed by atoms with Gasteiger partial charge in [0.25, 0.3) is 5.91 Å². The molecule has 1 aliphatic heterocycles. The van der Waals surface area contributed by atoms with Crippen molar-refractivity contribution < 1.29 is 13.6 Å². The topological polar surface area (TPSA) is 72.1 Å². The van der Waals surface area contributed by atoms with Gasteiger partial charge in [0, 0.05) is 25.5 Å². The van der Waals surface area contributed by atoms with Crippen molar-refractivity contribution >= 4 is 17.8 Å². The number of carbonyl (C=O) groups excluding carboxylic acids is 1. The molecule has 124 valence electrons. The predicted octanol–water partition coefficient (Wildman–Crippen LogP) is 2.66. The van der Waals surface area contributed by atoms with Gasteiger partial charge < -0.3 is 10.6 Å². The molecule has 0 aliphatic carbocycles. The molecule has 1 aromatic carbocycles. The van der Waals surface area contributed by atoms with Crippen molar-refractivity contribution in [3.05, 3.63) is 59.1 Å². The number of anilines is 1. The van der Waals surface area contributed by atoms with Crippen LogP contribution in [0.15, 0.2) is 36.2 Å². The minimum Gasteiger partial charge on any atom is -0.382 e. The molecule has 24 heavy (non-hydrogen) atoms. The smallest absolute Gasteiger partial charge is 0.276 e. The summed E-state index contributed by atoms with van der Waals surface area (Å²) in [6.07, 6.45) is 6.02. The van der Waals surface area contributed by atoms with Crippen LogP contribution in [-0.2, 0) is 0 Å². The van der Waals surface area contributed by atoms with E-state index >= 15 is 0 Å². The molecule has 0 saturated carbocycles. The molecule has 1 aliphatic rings. The summed E-state index contributed by atoms with van der Waals surface area (Å²) in [7, 11) is 0. The van der Waals surface area contributed by atoms with Crippen molar-refractivity contribution in [2.45, 2.75) is 12.8 Å². The minimum atomic E-state index is -0.866. The van der Waals surface area contributed by atoms with E-state index in [-0.39, 0.29) is 17.4 Å². The van der Waals surface area contributed by atoms with Gasteiger partial charge in [-0.2, -0.15) is 0 Å². The molecule has 1 amide bonds. The van der Waals surface area contributed by atoms with Crippen molar-refractivity contribution in [3.63, 3.8) is 0 Å². The standard InChI is InChI=1S/C17H16F2N4O/c18-13-2-1-12(10-14(13)19)9-11-3-7-23(8-4-11)17(24)15-16(20)22-6-5-21-15/h1-2,5-6,9-10H,3-4,7-8H2,(H2,20,22). The van der Waals surface area contributed by atoms with Gasteiger partial charge in [0.15, 0.2) is 23.1 Å². The lowest BCUT2D eigenvalue weighted by Crippen LogP contribution is -2.37. The maximum Gasteiger partial charge on any atom is 0.276 e. The van der Waals surface area contributed by atoms with Gasteiger partial charge in [-0.1, -0.05) is 17.7 Å². The quantitative estimate of drug-likeness (QED) is 0.919. The molecule has 3 rings (SSSR count). The zero-order chi connectivity index (χ0) is 17.1. The maximum atomic E-state index is 13.2. The van der Waals surface area contributed by atoms with Crippen LogP contribution < -0.4 is 5.73 Å². The number of nitrogen functional groups attached to an aromatic ring is 1. The van der Waals surface area contributed by atoms with E-state index in [4.69, 9.17) is 5.73 Å². The Morgan fingerprint density at radius 3 is 2.50 bits per heavy atom. The summed E-state index contributed by atoms with van der Waals surface area (Å²) in [5, 5.41) is 0. The molecule has 5 nitrogen and oxygen atoms in total. The summed E-state index contributed by atoms with van der Waals surface area (Å²) in [5.74, 6) is -1.85. The molecule has 2 heterocycles. The van der Waals surface area contributed by atoms with Crippen LogP contribution in [0.3, 0.4) is 0 Å². The number of rotatable bonds is 2. The fraction of sp³-hybridized carbons (Fsp3) is 0.235. The number of piperidine rings is 1. The van der Waals surface area contributed by atoms with E-state index < -0.39 is 11.6 Å². The van der Waals surface area contributed by atoms with E-state index in [2.05, 4.69) is 9.97 Å². The third-order valence-electron chi connectivity index (χ3n) is 3.94. The first-order valence-electron chi connectivity index (χ1n) is 7.55. The van der Waals surface area contributed by atoms with Crippen LogP contribution in [-0.4, -0.2) is 33.9 Å². The molecule has 0 radical (unpaired) electrons. The van der Waals surface area contributed by atoms with Crippen LogP contribution in [0, 0.1) is 11.6 Å². The molecule has 2 aromatic rings. The molecule has 0 unspecified atom stereocenters. The zero-order valence-electron chi connectivity index (χ0n) is 12.9. The molecule has 2 N–H and O–H groups in total. The Hall–Kier alpha value is -2.83. The van der Waals surface area contributed by atoms with Crippen LogP contribution in [0.25, 0.3) is 6.08 Å². The van der Waals surface area contributed by atoms with Gasteiger partial charge in [-0.25, -0.2) is 18.7 Å². The lowest BCUT2D eigenvalue weighted by Gasteiger charge is -2.28. The van der Waals surface area contributed by atoms with Crippen molar-refractivity contribution in [1.29, 1.82) is 0 Å². The number of likely N-dealkylation sites (tertiary alicyclic amines) is 1. The number of aromatic nitrogens is 2. The third kappa shape index (κ3) is 3.40. The first-order chi connectivity index (χ1) is 11.5. The van der Waals surface area contributed by atoms with E-state index in [1.807, 2.05) is 6.08 Å². The van der Waals surface area contributed by atoms with Crippen molar-refractivity contribution in [2.24, 2.45) is 0 Å². The van der Waals surface area contributed by atoms with Crippen LogP contribution in [0.1, 0.15) is 28.9 Å². The van der Waals surface area contributed by atoms with E-state index in [9.17, 15) is 13.6 Å². The molecular formula is C17H16F2N4O. The van der Waals surface area contributed by atoms with Crippen LogP contribution in [0.4, 0.5) is 14.6 Å². The van der Waals surface area contributed by atoms with E-state index in [1.54, 1.807) is 4.90 Å². The number of amides is 1. The molecule has 1 fully saturated rings. The Kier molecular flexibility index (Phi) is 4.50. The van der Waals surface area contributed by atoms with E-state index in [0.29, 0.717) is 31.5 Å². The van der Waals surface area contributed by atoms with Crippen molar-refractivity contribution in [2.75, 3.05) is 18.8 Å². The third-order valence-corrected chi connectivity index (χ3v) is 3.94. The first-order valence-corrected chi connectivity index (χ1v) is 7.55. The normalized spacial score (nSPS) is 14.6. The number of benzene rings is 1. The fourth-order valence-corrected chi connectivity index (χ4v) is 2.64. The second kappa shape index (κ2) is 6.74. The molecule has 1 aromatic heterocycles. The van der Waals surface area contributed by atoms with Gasteiger partial charge >= 0.3 is 0 Å². The largest absolute Gasteiger partial charge is 0.382 e. The molecule has 1 saturated heterocycles. The van der Waals surface area contributed by atoms with Gasteiger partial charge in [0.05, 0.1) is 0 Å². The number of nitrogens with zero attached hydrogens (tertiary/aromatic N) is 3. The average Bonchev–Trinajstić information content (AvgIpc) is 2.59. The second-order valence-corrected chi connectivity index (χ2v) is 5.56. The summed E-state index contributed by atoms with van der Waals surface area (Å²) in [5.41, 5.74) is 7.54.